The van der Waals surface area contributed by atoms with Gasteiger partial charge in [-0.25, -0.2) is 17.9 Å². The predicted molar refractivity (Wildman–Crippen MR) is 100 cm³/mol. The summed E-state index contributed by atoms with van der Waals surface area (Å²) in [7, 11) is -0.817. The van der Waals surface area contributed by atoms with E-state index in [1.807, 2.05) is 0 Å². The fourth-order valence-electron chi connectivity index (χ4n) is 4.04. The van der Waals surface area contributed by atoms with Gasteiger partial charge in [-0.1, -0.05) is 0 Å². The highest BCUT2D eigenvalue weighted by molar-refractivity contribution is 9.10. The van der Waals surface area contributed by atoms with Crippen LogP contribution in [0.1, 0.15) is 32.1 Å². The molecule has 1 aromatic heterocycles. The number of nitrogens with one attached hydrogen (secondary N) is 1. The van der Waals surface area contributed by atoms with E-state index in [0.717, 1.165) is 32.1 Å². The maximum Gasteiger partial charge on any atom is 0.328 e. The molecule has 1 amide bonds. The van der Waals surface area contributed by atoms with Crippen molar-refractivity contribution >= 4 is 42.9 Å². The first-order valence-corrected chi connectivity index (χ1v) is 10.8. The molecule has 0 saturated heterocycles. The average molecular weight is 442 g/mol. The summed E-state index contributed by atoms with van der Waals surface area (Å²) in [5.74, 6) is -0.668. The number of nitrogens with zero attached hydrogens (tertiary/aromatic N) is 2. The SMILES string of the molecule is Cn1c(=O)n(C)c2cc(S(=O)(=O)NC(=O)C3CCC4(CC4)C3)c(Br)cc21. The second-order valence-electron chi connectivity index (χ2n) is 7.58. The predicted octanol–water partition coefficient (Wildman–Crippen LogP) is 2.02. The van der Waals surface area contributed by atoms with E-state index in [-0.39, 0.29) is 16.5 Å². The smallest absolute Gasteiger partial charge is 0.295 e. The molecule has 2 aliphatic carbocycles. The van der Waals surface area contributed by atoms with Crippen LogP contribution in [0.4, 0.5) is 0 Å². The lowest BCUT2D eigenvalue weighted by Gasteiger charge is -2.13. The van der Waals surface area contributed by atoms with E-state index >= 15 is 0 Å². The molecule has 0 aliphatic heterocycles. The number of halogens is 1. The van der Waals surface area contributed by atoms with E-state index in [0.29, 0.717) is 20.9 Å². The molecule has 26 heavy (non-hydrogen) atoms. The van der Waals surface area contributed by atoms with Crippen molar-refractivity contribution in [2.75, 3.05) is 0 Å². The van der Waals surface area contributed by atoms with E-state index in [2.05, 4.69) is 20.7 Å². The second kappa shape index (κ2) is 5.69. The van der Waals surface area contributed by atoms with E-state index < -0.39 is 15.9 Å². The largest absolute Gasteiger partial charge is 0.328 e. The van der Waals surface area contributed by atoms with Crippen LogP contribution in [-0.4, -0.2) is 23.5 Å². The number of aromatic nitrogens is 2. The molecule has 1 heterocycles. The van der Waals surface area contributed by atoms with Crippen molar-refractivity contribution in [3.05, 3.63) is 27.1 Å². The number of sulfonamides is 1. The summed E-state index contributed by atoms with van der Waals surface area (Å²) >= 11 is 3.27. The van der Waals surface area contributed by atoms with Gasteiger partial charge in [-0.3, -0.25) is 13.9 Å². The molecule has 1 spiro atoms. The highest BCUT2D eigenvalue weighted by Gasteiger charge is 2.50. The van der Waals surface area contributed by atoms with Gasteiger partial charge >= 0.3 is 5.69 Å². The first-order chi connectivity index (χ1) is 12.1. The number of aryl methyl sites for hydroxylation is 2. The standard InChI is InChI=1S/C17H20BrN3O4S/c1-20-12-7-11(18)14(8-13(12)21(2)16(20)23)26(24,25)19-15(22)10-3-4-17(9-10)5-6-17/h7-8,10H,3-6,9H2,1-2H3,(H,19,22). The molecule has 0 radical (unpaired) electrons. The average Bonchev–Trinajstić information content (AvgIpc) is 3.14. The van der Waals surface area contributed by atoms with Crippen LogP contribution in [-0.2, 0) is 28.9 Å². The van der Waals surface area contributed by atoms with Crippen LogP contribution in [0.3, 0.4) is 0 Å². The molecule has 1 atom stereocenters. The highest BCUT2D eigenvalue weighted by Crippen LogP contribution is 2.59. The number of hydrogen-bond acceptors (Lipinski definition) is 4. The van der Waals surface area contributed by atoms with Gasteiger partial charge in [0, 0.05) is 24.5 Å². The number of fused-ring (bicyclic) bond motifs is 1. The normalized spacial score (nSPS) is 21.4. The van der Waals surface area contributed by atoms with Crippen LogP contribution in [0.5, 0.6) is 0 Å². The number of rotatable bonds is 3. The number of imidazole rings is 1. The van der Waals surface area contributed by atoms with Gasteiger partial charge in [-0.15, -0.1) is 0 Å². The summed E-state index contributed by atoms with van der Waals surface area (Å²) in [6.07, 6.45) is 4.82. The Morgan fingerprint density at radius 1 is 1.19 bits per heavy atom. The maximum absolute atomic E-state index is 12.8. The summed E-state index contributed by atoms with van der Waals surface area (Å²) in [5, 5.41) is 0. The Balaban J connectivity index is 1.67. The molecule has 9 heteroatoms. The number of benzene rings is 1. The van der Waals surface area contributed by atoms with Gasteiger partial charge in [-0.2, -0.15) is 0 Å². The first-order valence-electron chi connectivity index (χ1n) is 8.55. The van der Waals surface area contributed by atoms with Crippen LogP contribution in [0, 0.1) is 11.3 Å². The van der Waals surface area contributed by atoms with Crippen molar-refractivity contribution < 1.29 is 13.2 Å². The maximum atomic E-state index is 12.8. The molecule has 4 rings (SSSR count). The van der Waals surface area contributed by atoms with Gasteiger partial charge in [0.15, 0.2) is 0 Å². The molecule has 2 fully saturated rings. The Morgan fingerprint density at radius 2 is 1.81 bits per heavy atom. The fourth-order valence-corrected chi connectivity index (χ4v) is 6.13. The summed E-state index contributed by atoms with van der Waals surface area (Å²) < 4.78 is 31.0. The van der Waals surface area contributed by atoms with Crippen LogP contribution < -0.4 is 10.4 Å². The fraction of sp³-hybridized carbons (Fsp3) is 0.529. The highest BCUT2D eigenvalue weighted by atomic mass is 79.9. The summed E-state index contributed by atoms with van der Waals surface area (Å²) in [5.41, 5.74) is 1.16. The lowest BCUT2D eigenvalue weighted by atomic mass is 10.0. The zero-order chi connectivity index (χ0) is 18.9. The third kappa shape index (κ3) is 2.72. The monoisotopic (exact) mass is 441 g/mol. The van der Waals surface area contributed by atoms with Gasteiger partial charge in [0.05, 0.1) is 11.0 Å². The molecular formula is C17H20BrN3O4S. The van der Waals surface area contributed by atoms with Gasteiger partial charge in [0.2, 0.25) is 5.91 Å². The third-order valence-corrected chi connectivity index (χ3v) is 8.19. The number of carbonyl (C=O) groups excluding carboxylic acids is 1. The molecule has 2 aliphatic rings. The van der Waals surface area contributed by atoms with Crippen molar-refractivity contribution in [2.24, 2.45) is 25.4 Å². The molecule has 2 saturated carbocycles. The van der Waals surface area contributed by atoms with Crippen molar-refractivity contribution in [2.45, 2.75) is 37.0 Å². The zero-order valence-electron chi connectivity index (χ0n) is 14.6. The molecule has 7 nitrogen and oxygen atoms in total. The molecule has 0 bridgehead atoms. The van der Waals surface area contributed by atoms with E-state index in [4.69, 9.17) is 0 Å². The van der Waals surface area contributed by atoms with Crippen molar-refractivity contribution in [3.63, 3.8) is 0 Å². The van der Waals surface area contributed by atoms with Gasteiger partial charge in [-0.05, 0) is 65.6 Å². The quantitative estimate of drug-likeness (QED) is 0.788. The lowest BCUT2D eigenvalue weighted by Crippen LogP contribution is -2.35. The van der Waals surface area contributed by atoms with Crippen LogP contribution >= 0.6 is 15.9 Å². The molecule has 1 unspecified atom stereocenters. The summed E-state index contributed by atoms with van der Waals surface area (Å²) in [6.45, 7) is 0. The zero-order valence-corrected chi connectivity index (χ0v) is 17.0. The summed E-state index contributed by atoms with van der Waals surface area (Å²) in [4.78, 5) is 24.5. The number of hydrogen-bond donors (Lipinski definition) is 1. The van der Waals surface area contributed by atoms with Crippen LogP contribution in [0.2, 0.25) is 0 Å². The minimum absolute atomic E-state index is 0.0429. The van der Waals surface area contributed by atoms with Crippen molar-refractivity contribution in [1.82, 2.24) is 13.9 Å². The second-order valence-corrected chi connectivity index (χ2v) is 10.1. The molecule has 140 valence electrons. The molecule has 2 aromatic rings. The Labute approximate surface area is 159 Å². The van der Waals surface area contributed by atoms with Crippen LogP contribution in [0.25, 0.3) is 11.0 Å². The Kier molecular flexibility index (Phi) is 3.89. The Morgan fingerprint density at radius 3 is 2.38 bits per heavy atom. The molecule has 1 aromatic carbocycles. The van der Waals surface area contributed by atoms with Gasteiger partial charge < -0.3 is 0 Å². The minimum Gasteiger partial charge on any atom is -0.295 e. The lowest BCUT2D eigenvalue weighted by molar-refractivity contribution is -0.123. The number of amides is 1. The van der Waals surface area contributed by atoms with E-state index in [9.17, 15) is 18.0 Å². The first kappa shape index (κ1) is 17.8. The minimum atomic E-state index is -4.03. The van der Waals surface area contributed by atoms with Gasteiger partial charge in [0.1, 0.15) is 4.90 Å². The molecule has 1 N–H and O–H groups in total. The van der Waals surface area contributed by atoms with E-state index in [1.165, 1.54) is 15.2 Å². The topological polar surface area (TPSA) is 90.2 Å². The Hall–Kier alpha value is -1.61. The van der Waals surface area contributed by atoms with Gasteiger partial charge in [0.25, 0.3) is 10.0 Å². The van der Waals surface area contributed by atoms with Crippen molar-refractivity contribution in [3.8, 4) is 0 Å². The third-order valence-electron chi connectivity index (χ3n) is 5.88. The summed E-state index contributed by atoms with van der Waals surface area (Å²) in [6, 6.07) is 3.01. The Bertz CT molecular complexity index is 1100. The molecular weight excluding hydrogens is 422 g/mol. The van der Waals surface area contributed by atoms with Crippen LogP contribution in [0.15, 0.2) is 26.3 Å². The van der Waals surface area contributed by atoms with Crippen molar-refractivity contribution in [1.29, 1.82) is 0 Å². The van der Waals surface area contributed by atoms with E-state index in [1.54, 1.807) is 20.2 Å². The number of carbonyl (C=O) groups is 1.